The van der Waals surface area contributed by atoms with E-state index in [1.165, 1.54) is 22.0 Å². The van der Waals surface area contributed by atoms with Gasteiger partial charge in [-0.25, -0.2) is 0 Å². The highest BCUT2D eigenvalue weighted by Crippen LogP contribution is 2.24. The van der Waals surface area contributed by atoms with Gasteiger partial charge in [0, 0.05) is 29.7 Å². The Kier molecular flexibility index (Phi) is 2.53. The van der Waals surface area contributed by atoms with Crippen LogP contribution in [0.4, 0.5) is 0 Å². The summed E-state index contributed by atoms with van der Waals surface area (Å²) in [5, 5.41) is 1.33. The van der Waals surface area contributed by atoms with Crippen molar-refractivity contribution in [2.75, 3.05) is 0 Å². The predicted octanol–water partition coefficient (Wildman–Crippen LogP) is 2.99. The van der Waals surface area contributed by atoms with E-state index in [0.29, 0.717) is 0 Å². The number of nitrogens with two attached hydrogens (primary N) is 1. The number of benzene rings is 1. The summed E-state index contributed by atoms with van der Waals surface area (Å²) in [6.45, 7) is 7.35. The van der Waals surface area contributed by atoms with E-state index in [1.807, 2.05) is 6.92 Å². The number of aromatic nitrogens is 1. The first kappa shape index (κ1) is 10.2. The van der Waals surface area contributed by atoms with Crippen LogP contribution >= 0.6 is 0 Å². The lowest BCUT2D eigenvalue weighted by molar-refractivity contribution is 0.793. The second-order valence-electron chi connectivity index (χ2n) is 4.16. The van der Waals surface area contributed by atoms with Gasteiger partial charge in [0.1, 0.15) is 0 Å². The van der Waals surface area contributed by atoms with E-state index < -0.39 is 0 Å². The van der Waals surface area contributed by atoms with Crippen molar-refractivity contribution in [1.29, 1.82) is 0 Å². The number of hydrogen-bond acceptors (Lipinski definition) is 1. The molecule has 1 aromatic heterocycles. The van der Waals surface area contributed by atoms with Crippen molar-refractivity contribution in [3.8, 4) is 0 Å². The van der Waals surface area contributed by atoms with Crippen molar-refractivity contribution in [1.82, 2.24) is 4.57 Å². The highest BCUT2D eigenvalue weighted by atomic mass is 14.9. The van der Waals surface area contributed by atoms with Crippen LogP contribution in [-0.4, -0.2) is 4.57 Å². The lowest BCUT2D eigenvalue weighted by Gasteiger charge is -2.06. The van der Waals surface area contributed by atoms with E-state index >= 15 is 0 Å². The minimum absolute atomic E-state index is 0.110. The fourth-order valence-electron chi connectivity index (χ4n) is 2.04. The Hall–Kier alpha value is -1.28. The van der Waals surface area contributed by atoms with E-state index in [0.717, 1.165) is 6.54 Å². The highest BCUT2D eigenvalue weighted by Gasteiger charge is 2.06. The first-order chi connectivity index (χ1) is 7.13. The standard InChI is InChI=1S/C13H18N2/c1-4-15-8-9(2)12-7-11(10(3)14)5-6-13(12)15/h5-8,10H,4,14H2,1-3H3. The number of nitrogens with zero attached hydrogens (tertiary/aromatic N) is 1. The van der Waals surface area contributed by atoms with Gasteiger partial charge in [0.05, 0.1) is 0 Å². The first-order valence-electron chi connectivity index (χ1n) is 5.48. The SMILES string of the molecule is CCn1cc(C)c2cc(C(C)N)ccc21. The highest BCUT2D eigenvalue weighted by molar-refractivity contribution is 5.84. The fourth-order valence-corrected chi connectivity index (χ4v) is 2.04. The molecule has 0 radical (unpaired) electrons. The van der Waals surface area contributed by atoms with Crippen LogP contribution in [0.3, 0.4) is 0 Å². The molecule has 0 aliphatic carbocycles. The van der Waals surface area contributed by atoms with E-state index in [1.54, 1.807) is 0 Å². The second-order valence-corrected chi connectivity index (χ2v) is 4.16. The summed E-state index contributed by atoms with van der Waals surface area (Å²) in [6.07, 6.45) is 2.20. The average molecular weight is 202 g/mol. The molecule has 0 saturated carbocycles. The van der Waals surface area contributed by atoms with Crippen LogP contribution in [0.5, 0.6) is 0 Å². The van der Waals surface area contributed by atoms with Gasteiger partial charge in [-0.05, 0) is 44.0 Å². The minimum atomic E-state index is 0.110. The molecule has 0 aliphatic rings. The van der Waals surface area contributed by atoms with Gasteiger partial charge in [-0.1, -0.05) is 6.07 Å². The van der Waals surface area contributed by atoms with Crippen LogP contribution in [0.1, 0.15) is 31.0 Å². The average Bonchev–Trinajstić information content (AvgIpc) is 2.55. The zero-order valence-corrected chi connectivity index (χ0v) is 9.62. The quantitative estimate of drug-likeness (QED) is 0.797. The van der Waals surface area contributed by atoms with Crippen LogP contribution in [0.15, 0.2) is 24.4 Å². The molecule has 15 heavy (non-hydrogen) atoms. The van der Waals surface area contributed by atoms with E-state index in [2.05, 4.69) is 42.8 Å². The molecule has 2 N–H and O–H groups in total. The first-order valence-corrected chi connectivity index (χ1v) is 5.48. The molecule has 2 aromatic rings. The van der Waals surface area contributed by atoms with Crippen LogP contribution in [0, 0.1) is 6.92 Å². The van der Waals surface area contributed by atoms with Crippen LogP contribution in [0.25, 0.3) is 10.9 Å². The predicted molar refractivity (Wildman–Crippen MR) is 65.0 cm³/mol. The number of rotatable bonds is 2. The van der Waals surface area contributed by atoms with Gasteiger partial charge in [-0.3, -0.25) is 0 Å². The van der Waals surface area contributed by atoms with Gasteiger partial charge in [-0.2, -0.15) is 0 Å². The fraction of sp³-hybridized carbons (Fsp3) is 0.385. The molecule has 2 heteroatoms. The molecule has 0 aliphatic heterocycles. The van der Waals surface area contributed by atoms with Crippen LogP contribution < -0.4 is 5.73 Å². The normalized spacial score (nSPS) is 13.3. The second kappa shape index (κ2) is 3.70. The van der Waals surface area contributed by atoms with Gasteiger partial charge in [-0.15, -0.1) is 0 Å². The Morgan fingerprint density at radius 2 is 2.13 bits per heavy atom. The van der Waals surface area contributed by atoms with Gasteiger partial charge < -0.3 is 10.3 Å². The van der Waals surface area contributed by atoms with Crippen molar-refractivity contribution in [3.05, 3.63) is 35.5 Å². The lowest BCUT2D eigenvalue weighted by Crippen LogP contribution is -2.04. The summed E-state index contributed by atoms with van der Waals surface area (Å²) in [7, 11) is 0. The van der Waals surface area contributed by atoms with Crippen LogP contribution in [0.2, 0.25) is 0 Å². The summed E-state index contributed by atoms with van der Waals surface area (Å²) in [6, 6.07) is 6.61. The van der Waals surface area contributed by atoms with Gasteiger partial charge in [0.2, 0.25) is 0 Å². The summed E-state index contributed by atoms with van der Waals surface area (Å²) in [5.74, 6) is 0. The van der Waals surface area contributed by atoms with Crippen molar-refractivity contribution in [2.24, 2.45) is 5.73 Å². The van der Waals surface area contributed by atoms with E-state index in [4.69, 9.17) is 5.73 Å². The Morgan fingerprint density at radius 1 is 1.40 bits per heavy atom. The molecule has 1 heterocycles. The molecule has 0 fully saturated rings. The third-order valence-electron chi connectivity index (χ3n) is 2.97. The monoisotopic (exact) mass is 202 g/mol. The Balaban J connectivity index is 2.66. The summed E-state index contributed by atoms with van der Waals surface area (Å²) >= 11 is 0. The topological polar surface area (TPSA) is 30.9 Å². The third-order valence-corrected chi connectivity index (χ3v) is 2.97. The third kappa shape index (κ3) is 1.65. The number of aryl methyl sites for hydroxylation is 2. The summed E-state index contributed by atoms with van der Waals surface area (Å²) in [4.78, 5) is 0. The van der Waals surface area contributed by atoms with Crippen molar-refractivity contribution in [3.63, 3.8) is 0 Å². The number of hydrogen-bond donors (Lipinski definition) is 1. The molecule has 80 valence electrons. The molecule has 0 saturated heterocycles. The molecule has 1 atom stereocenters. The maximum Gasteiger partial charge on any atom is 0.0483 e. The molecule has 0 amide bonds. The molecule has 0 bridgehead atoms. The molecule has 1 aromatic carbocycles. The molecule has 0 spiro atoms. The molecule has 2 nitrogen and oxygen atoms in total. The van der Waals surface area contributed by atoms with Gasteiger partial charge in [0.25, 0.3) is 0 Å². The smallest absolute Gasteiger partial charge is 0.0483 e. The Labute approximate surface area is 90.7 Å². The van der Waals surface area contributed by atoms with Crippen molar-refractivity contribution >= 4 is 10.9 Å². The molecule has 2 rings (SSSR count). The Morgan fingerprint density at radius 3 is 2.73 bits per heavy atom. The zero-order valence-electron chi connectivity index (χ0n) is 9.62. The lowest BCUT2D eigenvalue weighted by atomic mass is 10.1. The summed E-state index contributed by atoms with van der Waals surface area (Å²) < 4.78 is 2.27. The minimum Gasteiger partial charge on any atom is -0.347 e. The Bertz CT molecular complexity index is 480. The van der Waals surface area contributed by atoms with Crippen molar-refractivity contribution < 1.29 is 0 Å². The van der Waals surface area contributed by atoms with Crippen molar-refractivity contribution in [2.45, 2.75) is 33.4 Å². The van der Waals surface area contributed by atoms with Crippen LogP contribution in [-0.2, 0) is 6.54 Å². The van der Waals surface area contributed by atoms with Gasteiger partial charge >= 0.3 is 0 Å². The maximum absolute atomic E-state index is 5.89. The zero-order chi connectivity index (χ0) is 11.0. The molecule has 1 unspecified atom stereocenters. The number of fused-ring (bicyclic) bond motifs is 1. The molecular weight excluding hydrogens is 184 g/mol. The largest absolute Gasteiger partial charge is 0.347 e. The summed E-state index contributed by atoms with van der Waals surface area (Å²) in [5.41, 5.74) is 9.73. The van der Waals surface area contributed by atoms with E-state index in [-0.39, 0.29) is 6.04 Å². The van der Waals surface area contributed by atoms with Gasteiger partial charge in [0.15, 0.2) is 0 Å². The van der Waals surface area contributed by atoms with E-state index in [9.17, 15) is 0 Å². The maximum atomic E-state index is 5.89. The molecular formula is C13H18N2.